The summed E-state index contributed by atoms with van der Waals surface area (Å²) in [7, 11) is 0. The minimum atomic E-state index is -0.447. The van der Waals surface area contributed by atoms with Crippen molar-refractivity contribution in [2.45, 2.75) is 148 Å². The molecule has 0 radical (unpaired) electrons. The van der Waals surface area contributed by atoms with E-state index in [1.54, 1.807) is 0 Å². The Morgan fingerprint density at radius 2 is 1.86 bits per heavy atom. The highest BCUT2D eigenvalue weighted by Crippen LogP contribution is 2.55. The number of ketones is 1. The van der Waals surface area contributed by atoms with Crippen LogP contribution in [0.2, 0.25) is 0 Å². The molecule has 0 aromatic carbocycles. The number of rotatable bonds is 11. The molecule has 44 heavy (non-hydrogen) atoms. The second-order valence-corrected chi connectivity index (χ2v) is 16.4. The third-order valence-corrected chi connectivity index (χ3v) is 13.6. The zero-order valence-corrected chi connectivity index (χ0v) is 28.3. The number of fused-ring (bicyclic) bond motifs is 1. The van der Waals surface area contributed by atoms with Gasteiger partial charge in [-0.2, -0.15) is 0 Å². The monoisotopic (exact) mass is 604 g/mol. The van der Waals surface area contributed by atoms with Crippen LogP contribution < -0.4 is 5.32 Å². The van der Waals surface area contributed by atoms with E-state index in [1.807, 2.05) is 0 Å². The molecule has 6 rings (SSSR count). The lowest BCUT2D eigenvalue weighted by molar-refractivity contribution is -0.124. The summed E-state index contributed by atoms with van der Waals surface area (Å²) < 4.78 is 0. The molecule has 13 unspecified atom stereocenters. The molecule has 4 nitrogen and oxygen atoms in total. The van der Waals surface area contributed by atoms with E-state index in [2.05, 4.69) is 61.9 Å². The Balaban J connectivity index is 0.980. The summed E-state index contributed by atoms with van der Waals surface area (Å²) in [4.78, 5) is 16.0. The number of nitrogens with zero attached hydrogens (tertiary/aromatic N) is 1. The Morgan fingerprint density at radius 1 is 1.02 bits per heavy atom. The summed E-state index contributed by atoms with van der Waals surface area (Å²) in [5, 5.41) is 15.2. The summed E-state index contributed by atoms with van der Waals surface area (Å²) in [5.41, 5.74) is 1.50. The fourth-order valence-corrected chi connectivity index (χ4v) is 11.0. The summed E-state index contributed by atoms with van der Waals surface area (Å²) in [6.45, 7) is 12.4. The number of aliphatic hydroxyl groups excluding tert-OH is 1. The highest BCUT2D eigenvalue weighted by Gasteiger charge is 2.51. The van der Waals surface area contributed by atoms with Crippen molar-refractivity contribution in [1.29, 1.82) is 0 Å². The summed E-state index contributed by atoms with van der Waals surface area (Å²) in [6.07, 6.45) is 27.8. The summed E-state index contributed by atoms with van der Waals surface area (Å²) >= 11 is 0. The highest BCUT2D eigenvalue weighted by atomic mass is 16.3. The Labute approximate surface area is 269 Å². The van der Waals surface area contributed by atoms with E-state index < -0.39 is 6.23 Å². The van der Waals surface area contributed by atoms with Gasteiger partial charge in [-0.25, -0.2) is 0 Å². The highest BCUT2D eigenvalue weighted by molar-refractivity contribution is 5.81. The normalized spacial score (nSPS) is 43.4. The number of nitrogens with one attached hydrogen (secondary N) is 1. The predicted molar refractivity (Wildman–Crippen MR) is 182 cm³/mol. The van der Waals surface area contributed by atoms with Crippen molar-refractivity contribution < 1.29 is 9.90 Å². The standard InChI is InChI=1S/C40H64N2O2/c1-5-10-38(42-18-8-7-11-27(42)4)37-25-36(37)35-24-32(15-14-26(35)3)40(44)41-34-17-16-30-20-29(21-33(30)23-34)22-39(43)31-13-9-12-28(6-2)19-31/h5-6,14-15,26-27,29-38,40-41,44H,1,7-13,16-25H2,2-4H3. The third-order valence-electron chi connectivity index (χ3n) is 13.6. The number of likely N-dealkylation sites (tertiary alicyclic amines) is 1. The van der Waals surface area contributed by atoms with Crippen LogP contribution >= 0.6 is 0 Å². The van der Waals surface area contributed by atoms with Gasteiger partial charge in [-0.05, 0) is 152 Å². The van der Waals surface area contributed by atoms with E-state index in [4.69, 9.17) is 0 Å². The Bertz CT molecular complexity index is 1050. The number of allylic oxidation sites excluding steroid dienone is 3. The molecule has 0 amide bonds. The van der Waals surface area contributed by atoms with E-state index in [0.717, 1.165) is 55.8 Å². The number of hydrogen-bond donors (Lipinski definition) is 2. The molecule has 246 valence electrons. The second-order valence-electron chi connectivity index (χ2n) is 16.4. The maximum atomic E-state index is 13.2. The fraction of sp³-hybridized carbons (Fsp3) is 0.825. The quantitative estimate of drug-likeness (QED) is 0.183. The molecule has 6 aliphatic rings. The van der Waals surface area contributed by atoms with Gasteiger partial charge in [0, 0.05) is 36.4 Å². The molecular formula is C40H64N2O2. The first-order valence-electron chi connectivity index (χ1n) is 19.0. The van der Waals surface area contributed by atoms with Gasteiger partial charge in [0.05, 0.1) is 0 Å². The third kappa shape index (κ3) is 7.49. The molecule has 4 heteroatoms. The summed E-state index contributed by atoms with van der Waals surface area (Å²) in [6, 6.07) is 1.77. The van der Waals surface area contributed by atoms with Gasteiger partial charge < -0.3 is 5.11 Å². The molecule has 0 aromatic rings. The van der Waals surface area contributed by atoms with Gasteiger partial charge in [0.25, 0.3) is 0 Å². The van der Waals surface area contributed by atoms with Crippen molar-refractivity contribution >= 4 is 5.78 Å². The number of piperidine rings is 1. The Morgan fingerprint density at radius 3 is 2.66 bits per heavy atom. The van der Waals surface area contributed by atoms with Crippen LogP contribution in [0.25, 0.3) is 0 Å². The van der Waals surface area contributed by atoms with Gasteiger partial charge in [0.1, 0.15) is 12.0 Å². The van der Waals surface area contributed by atoms with Crippen molar-refractivity contribution in [1.82, 2.24) is 10.2 Å². The van der Waals surface area contributed by atoms with Gasteiger partial charge in [-0.1, -0.05) is 43.2 Å². The van der Waals surface area contributed by atoms with Gasteiger partial charge in [-0.3, -0.25) is 15.0 Å². The zero-order chi connectivity index (χ0) is 30.8. The van der Waals surface area contributed by atoms with Crippen LogP contribution in [0.1, 0.15) is 124 Å². The van der Waals surface area contributed by atoms with E-state index in [9.17, 15) is 9.90 Å². The van der Waals surface area contributed by atoms with Crippen LogP contribution in [0, 0.1) is 53.3 Å². The molecular weight excluding hydrogens is 540 g/mol. The number of aliphatic hydroxyl groups is 1. The molecule has 0 spiro atoms. The molecule has 5 fully saturated rings. The second kappa shape index (κ2) is 14.7. The first kappa shape index (κ1) is 32.7. The number of carbonyl (C=O) groups excluding carboxylic acids is 1. The maximum Gasteiger partial charge on any atom is 0.136 e. The van der Waals surface area contributed by atoms with Crippen molar-refractivity contribution in [2.24, 2.45) is 53.3 Å². The smallest absolute Gasteiger partial charge is 0.136 e. The molecule has 2 N–H and O–H groups in total. The fourth-order valence-electron chi connectivity index (χ4n) is 11.0. The van der Waals surface area contributed by atoms with Crippen LogP contribution in [-0.4, -0.2) is 46.7 Å². The number of carbonyl (C=O) groups is 1. The molecule has 5 aliphatic carbocycles. The van der Waals surface area contributed by atoms with Crippen LogP contribution in [-0.2, 0) is 4.79 Å². The van der Waals surface area contributed by atoms with E-state index in [1.165, 1.54) is 82.7 Å². The van der Waals surface area contributed by atoms with Crippen LogP contribution in [0.4, 0.5) is 0 Å². The topological polar surface area (TPSA) is 52.6 Å². The van der Waals surface area contributed by atoms with Gasteiger partial charge in [-0.15, -0.1) is 6.58 Å². The van der Waals surface area contributed by atoms with Gasteiger partial charge in [0.2, 0.25) is 0 Å². The average Bonchev–Trinajstić information content (AvgIpc) is 3.71. The molecule has 0 bridgehead atoms. The van der Waals surface area contributed by atoms with Crippen molar-refractivity contribution in [3.8, 4) is 0 Å². The SMILES string of the molecule is C=CCC(C1CC1C1CC(C(O)NC2CCC3CC(CC(=O)C4CCCC(=CC)C4)CC3C2)C=CC1C)N1CCCCC1C. The maximum absolute atomic E-state index is 13.2. The first-order valence-corrected chi connectivity index (χ1v) is 19.0. The Hall–Kier alpha value is -1.23. The molecule has 1 heterocycles. The molecule has 4 saturated carbocycles. The summed E-state index contributed by atoms with van der Waals surface area (Å²) in [5.74, 6) is 6.00. The molecule has 13 atom stereocenters. The van der Waals surface area contributed by atoms with Crippen molar-refractivity contribution in [3.63, 3.8) is 0 Å². The number of Topliss-reactive ketones (excluding diaryl/α,β-unsaturated/α-hetero) is 1. The van der Waals surface area contributed by atoms with Crippen LogP contribution in [0.15, 0.2) is 36.5 Å². The average molecular weight is 605 g/mol. The Kier molecular flexibility index (Phi) is 10.9. The van der Waals surface area contributed by atoms with Crippen molar-refractivity contribution in [3.05, 3.63) is 36.5 Å². The zero-order valence-electron chi connectivity index (χ0n) is 28.3. The lowest BCUT2D eigenvalue weighted by Gasteiger charge is -2.41. The van der Waals surface area contributed by atoms with E-state index >= 15 is 0 Å². The van der Waals surface area contributed by atoms with E-state index in [-0.39, 0.29) is 11.8 Å². The predicted octanol–water partition coefficient (Wildman–Crippen LogP) is 8.47. The minimum Gasteiger partial charge on any atom is -0.378 e. The van der Waals surface area contributed by atoms with Crippen molar-refractivity contribution in [2.75, 3.05) is 6.54 Å². The lowest BCUT2D eigenvalue weighted by Crippen LogP contribution is -2.47. The molecule has 1 saturated heterocycles. The largest absolute Gasteiger partial charge is 0.378 e. The van der Waals surface area contributed by atoms with Gasteiger partial charge >= 0.3 is 0 Å². The van der Waals surface area contributed by atoms with Gasteiger partial charge in [0.15, 0.2) is 0 Å². The van der Waals surface area contributed by atoms with Crippen LogP contribution in [0.5, 0.6) is 0 Å². The number of hydrogen-bond acceptors (Lipinski definition) is 4. The van der Waals surface area contributed by atoms with Crippen LogP contribution in [0.3, 0.4) is 0 Å². The lowest BCUT2D eigenvalue weighted by atomic mass is 9.75. The molecule has 0 aromatic heterocycles. The minimum absolute atomic E-state index is 0.216. The molecule has 1 aliphatic heterocycles. The van der Waals surface area contributed by atoms with E-state index in [0.29, 0.717) is 41.7 Å². The first-order chi connectivity index (χ1) is 21.3.